The molecule has 0 aliphatic carbocycles. The average molecular weight is 533 g/mol. The maximum Gasteiger partial charge on any atom is 0.416 e. The molecule has 1 fully saturated rings. The van der Waals surface area contributed by atoms with E-state index in [1.54, 1.807) is 7.11 Å². The van der Waals surface area contributed by atoms with Gasteiger partial charge in [-0.2, -0.15) is 13.2 Å². The molecule has 2 aromatic rings. The normalized spacial score (nSPS) is 20.0. The Morgan fingerprint density at radius 2 is 1.57 bits per heavy atom. The molecule has 0 saturated carbocycles. The van der Waals surface area contributed by atoms with Crippen LogP contribution in [0.3, 0.4) is 0 Å². The van der Waals surface area contributed by atoms with Gasteiger partial charge < -0.3 is 14.1 Å². The molecule has 0 spiro atoms. The van der Waals surface area contributed by atoms with Crippen LogP contribution < -0.4 is 9.64 Å². The summed E-state index contributed by atoms with van der Waals surface area (Å²) in [6.45, 7) is 13.2. The standard InChI is InChI=1S/C28H35F3N2O3Si/c1-17(2)37(18(3)4,19(5)6)36-27-14-15-33(21-9-11-22(35-7)12-10-21)26(27)32-24-13-8-20(28(29,30)31)16-23(24)25(27)34/h8-13,16-19H,14-15H2,1-7H3/t27-/m1/s1. The number of carbonyl (C=O) groups excluding carboxylic acids is 1. The van der Waals surface area contributed by atoms with Crippen LogP contribution in [-0.4, -0.2) is 39.2 Å². The van der Waals surface area contributed by atoms with E-state index in [1.807, 2.05) is 29.2 Å². The Kier molecular flexibility index (Phi) is 7.09. The molecule has 0 bridgehead atoms. The van der Waals surface area contributed by atoms with Crippen molar-refractivity contribution in [2.75, 3.05) is 18.6 Å². The summed E-state index contributed by atoms with van der Waals surface area (Å²) in [7, 11) is -1.05. The maximum absolute atomic E-state index is 14.3. The van der Waals surface area contributed by atoms with Crippen LogP contribution in [0.25, 0.3) is 0 Å². The molecule has 0 N–H and O–H groups in total. The SMILES string of the molecule is COc1ccc(N2CC[C@@]3(O[Si](C(C)C)(C(C)C)C(C)C)C(=O)c4cc(C(F)(F)F)ccc4N=C23)cc1. The lowest BCUT2D eigenvalue weighted by molar-refractivity contribution is -0.137. The largest absolute Gasteiger partial charge is 0.497 e. The lowest BCUT2D eigenvalue weighted by Gasteiger charge is -2.48. The molecule has 1 atom stereocenters. The number of rotatable bonds is 7. The third kappa shape index (κ3) is 4.39. The van der Waals surface area contributed by atoms with Gasteiger partial charge in [0.15, 0.2) is 5.60 Å². The van der Waals surface area contributed by atoms with E-state index in [0.717, 1.165) is 17.8 Å². The Morgan fingerprint density at radius 3 is 2.08 bits per heavy atom. The number of ketones is 1. The van der Waals surface area contributed by atoms with Crippen molar-refractivity contribution in [1.82, 2.24) is 0 Å². The van der Waals surface area contributed by atoms with Gasteiger partial charge in [0, 0.05) is 24.2 Å². The third-order valence-electron chi connectivity index (χ3n) is 7.91. The Hall–Kier alpha value is -2.65. The van der Waals surface area contributed by atoms with E-state index in [4.69, 9.17) is 14.2 Å². The molecule has 0 unspecified atom stereocenters. The molecule has 4 rings (SSSR count). The predicted molar refractivity (Wildman–Crippen MR) is 143 cm³/mol. The molecule has 2 aliphatic rings. The van der Waals surface area contributed by atoms with Gasteiger partial charge in [-0.15, -0.1) is 0 Å². The lowest BCUT2D eigenvalue weighted by Crippen LogP contribution is -2.61. The molecule has 1 saturated heterocycles. The van der Waals surface area contributed by atoms with Crippen molar-refractivity contribution in [1.29, 1.82) is 0 Å². The van der Waals surface area contributed by atoms with Crippen LogP contribution in [0, 0.1) is 0 Å². The zero-order valence-electron chi connectivity index (χ0n) is 22.4. The zero-order chi connectivity index (χ0) is 27.3. The summed E-state index contributed by atoms with van der Waals surface area (Å²) in [6, 6.07) is 10.6. The van der Waals surface area contributed by atoms with Gasteiger partial charge in [-0.3, -0.25) is 4.79 Å². The topological polar surface area (TPSA) is 51.1 Å². The van der Waals surface area contributed by atoms with E-state index in [0.29, 0.717) is 24.6 Å². The Bertz CT molecular complexity index is 1190. The Morgan fingerprint density at radius 1 is 0.973 bits per heavy atom. The Labute approximate surface area is 217 Å². The third-order valence-corrected chi connectivity index (χ3v) is 14.0. The van der Waals surface area contributed by atoms with Crippen molar-refractivity contribution < 1.29 is 27.1 Å². The number of anilines is 1. The van der Waals surface area contributed by atoms with Gasteiger partial charge in [0.1, 0.15) is 11.6 Å². The van der Waals surface area contributed by atoms with Crippen LogP contribution >= 0.6 is 0 Å². The first-order valence-corrected chi connectivity index (χ1v) is 14.9. The number of carbonyl (C=O) groups is 1. The van der Waals surface area contributed by atoms with Crippen LogP contribution in [0.1, 0.15) is 63.9 Å². The van der Waals surface area contributed by atoms with E-state index in [-0.39, 0.29) is 27.9 Å². The van der Waals surface area contributed by atoms with Gasteiger partial charge in [-0.1, -0.05) is 41.5 Å². The summed E-state index contributed by atoms with van der Waals surface area (Å²) in [5.41, 5.74) is -0.760. The molecule has 2 aliphatic heterocycles. The number of nitrogens with zero attached hydrogens (tertiary/aromatic N) is 2. The fraction of sp³-hybridized carbons (Fsp3) is 0.500. The summed E-state index contributed by atoms with van der Waals surface area (Å²) in [6.07, 6.45) is -4.25. The first-order chi connectivity index (χ1) is 17.3. The van der Waals surface area contributed by atoms with Crippen molar-refractivity contribution in [3.8, 4) is 5.75 Å². The second-order valence-corrected chi connectivity index (χ2v) is 16.2. The first-order valence-electron chi connectivity index (χ1n) is 12.7. The molecule has 2 heterocycles. The minimum atomic E-state index is -4.57. The summed E-state index contributed by atoms with van der Waals surface area (Å²) >= 11 is 0. The number of ether oxygens (including phenoxy) is 1. The first kappa shape index (κ1) is 27.4. The molecule has 0 radical (unpaired) electrons. The highest BCUT2D eigenvalue weighted by atomic mass is 28.4. The molecular formula is C28H35F3N2O3Si. The van der Waals surface area contributed by atoms with Crippen LogP contribution in [0.4, 0.5) is 24.5 Å². The van der Waals surface area contributed by atoms with Crippen molar-refractivity contribution in [3.63, 3.8) is 0 Å². The summed E-state index contributed by atoms with van der Waals surface area (Å²) in [5.74, 6) is 0.713. The molecule has 2 aromatic carbocycles. The van der Waals surface area contributed by atoms with Crippen LogP contribution in [-0.2, 0) is 10.6 Å². The fourth-order valence-corrected chi connectivity index (χ4v) is 11.8. The Balaban J connectivity index is 1.93. The molecule has 37 heavy (non-hydrogen) atoms. The minimum Gasteiger partial charge on any atom is -0.497 e. The monoisotopic (exact) mass is 532 g/mol. The fourth-order valence-electron chi connectivity index (χ4n) is 6.21. The number of Topliss-reactive ketones (excluding diaryl/α,β-unsaturated/α-hetero) is 1. The lowest BCUT2D eigenvalue weighted by atomic mass is 9.87. The van der Waals surface area contributed by atoms with Gasteiger partial charge in [0.05, 0.1) is 18.4 Å². The number of amidine groups is 1. The highest BCUT2D eigenvalue weighted by Gasteiger charge is 2.60. The number of hydrogen-bond acceptors (Lipinski definition) is 5. The summed E-state index contributed by atoms with van der Waals surface area (Å²) < 4.78 is 53.2. The number of benzene rings is 2. The maximum atomic E-state index is 14.3. The number of hydrogen-bond donors (Lipinski definition) is 0. The molecule has 5 nitrogen and oxygen atoms in total. The smallest absolute Gasteiger partial charge is 0.416 e. The highest BCUT2D eigenvalue weighted by molar-refractivity contribution is 6.78. The molecule has 0 aromatic heterocycles. The zero-order valence-corrected chi connectivity index (χ0v) is 23.4. The van der Waals surface area contributed by atoms with Gasteiger partial charge in [-0.25, -0.2) is 4.99 Å². The molecule has 9 heteroatoms. The summed E-state index contributed by atoms with van der Waals surface area (Å²) in [5, 5.41) is 0. The second kappa shape index (κ2) is 9.58. The van der Waals surface area contributed by atoms with Gasteiger partial charge in [0.25, 0.3) is 0 Å². The van der Waals surface area contributed by atoms with Crippen LogP contribution in [0.2, 0.25) is 16.6 Å². The van der Waals surface area contributed by atoms with Crippen LogP contribution in [0.5, 0.6) is 5.75 Å². The van der Waals surface area contributed by atoms with Crippen molar-refractivity contribution >= 4 is 31.3 Å². The van der Waals surface area contributed by atoms with Gasteiger partial charge in [0.2, 0.25) is 14.1 Å². The van der Waals surface area contributed by atoms with Crippen LogP contribution in [0.15, 0.2) is 47.5 Å². The minimum absolute atomic E-state index is 0.0330. The number of halogens is 3. The van der Waals surface area contributed by atoms with Gasteiger partial charge in [-0.05, 0) is 59.1 Å². The quantitative estimate of drug-likeness (QED) is 0.342. The van der Waals surface area contributed by atoms with E-state index in [1.165, 1.54) is 6.07 Å². The molecule has 0 amide bonds. The van der Waals surface area contributed by atoms with Gasteiger partial charge >= 0.3 is 6.18 Å². The highest BCUT2D eigenvalue weighted by Crippen LogP contribution is 2.50. The second-order valence-electron chi connectivity index (χ2n) is 10.8. The van der Waals surface area contributed by atoms with E-state index >= 15 is 0 Å². The summed E-state index contributed by atoms with van der Waals surface area (Å²) in [4.78, 5) is 21.1. The number of fused-ring (bicyclic) bond motifs is 2. The van der Waals surface area contributed by atoms with E-state index in [9.17, 15) is 18.0 Å². The van der Waals surface area contributed by atoms with Crippen molar-refractivity contribution in [2.24, 2.45) is 4.99 Å². The van der Waals surface area contributed by atoms with E-state index < -0.39 is 31.4 Å². The molecular weight excluding hydrogens is 497 g/mol. The number of alkyl halides is 3. The average Bonchev–Trinajstić information content (AvgIpc) is 3.20. The number of methoxy groups -OCH3 is 1. The number of aliphatic imine (C=N–C) groups is 1. The van der Waals surface area contributed by atoms with Crippen molar-refractivity contribution in [3.05, 3.63) is 53.6 Å². The predicted octanol–water partition coefficient (Wildman–Crippen LogP) is 7.78. The molecule has 200 valence electrons. The van der Waals surface area contributed by atoms with E-state index in [2.05, 4.69) is 41.5 Å². The van der Waals surface area contributed by atoms with Crippen molar-refractivity contribution in [2.45, 2.75) is 76.4 Å².